The van der Waals surface area contributed by atoms with Crippen LogP contribution in [0.25, 0.3) is 15.9 Å². The zero-order chi connectivity index (χ0) is 25.1. The third kappa shape index (κ3) is 4.85. The number of benzene rings is 2. The SMILES string of the molecule is COc1ccc(CCNC(=O)CSc2nc3sc4c(c3c(=O)n2-c2ccccc2)CCC4)cc1OC. The maximum atomic E-state index is 13.6. The summed E-state index contributed by atoms with van der Waals surface area (Å²) in [5.74, 6) is 1.40. The van der Waals surface area contributed by atoms with E-state index < -0.39 is 0 Å². The summed E-state index contributed by atoms with van der Waals surface area (Å²) >= 11 is 2.90. The van der Waals surface area contributed by atoms with Gasteiger partial charge in [0, 0.05) is 11.4 Å². The number of hydrogen-bond donors (Lipinski definition) is 1. The third-order valence-electron chi connectivity index (χ3n) is 6.24. The van der Waals surface area contributed by atoms with E-state index in [0.29, 0.717) is 29.6 Å². The highest BCUT2D eigenvalue weighted by Gasteiger charge is 2.24. The Kier molecular flexibility index (Phi) is 7.29. The van der Waals surface area contributed by atoms with Crippen molar-refractivity contribution in [3.8, 4) is 17.2 Å². The van der Waals surface area contributed by atoms with E-state index in [-0.39, 0.29) is 17.2 Å². The fourth-order valence-electron chi connectivity index (χ4n) is 4.49. The first kappa shape index (κ1) is 24.4. The number of aryl methyl sites for hydroxylation is 2. The molecule has 5 rings (SSSR count). The number of fused-ring (bicyclic) bond motifs is 3. The van der Waals surface area contributed by atoms with Gasteiger partial charge in [-0.3, -0.25) is 14.2 Å². The first-order chi connectivity index (χ1) is 17.6. The number of nitrogens with one attached hydrogen (secondary N) is 1. The molecular weight excluding hydrogens is 494 g/mol. The van der Waals surface area contributed by atoms with E-state index in [9.17, 15) is 9.59 Å². The van der Waals surface area contributed by atoms with Gasteiger partial charge in [0.25, 0.3) is 5.56 Å². The highest BCUT2D eigenvalue weighted by Crippen LogP contribution is 2.36. The van der Waals surface area contributed by atoms with Crippen LogP contribution in [0.5, 0.6) is 11.5 Å². The molecule has 1 aliphatic carbocycles. The molecule has 0 unspecified atom stereocenters. The van der Waals surface area contributed by atoms with Crippen LogP contribution in [0, 0.1) is 0 Å². The van der Waals surface area contributed by atoms with Gasteiger partial charge in [0.15, 0.2) is 16.7 Å². The number of thioether (sulfide) groups is 1. The summed E-state index contributed by atoms with van der Waals surface area (Å²) < 4.78 is 12.3. The van der Waals surface area contributed by atoms with Crippen molar-refractivity contribution in [3.63, 3.8) is 0 Å². The quantitative estimate of drug-likeness (QED) is 0.260. The topological polar surface area (TPSA) is 82.5 Å². The average Bonchev–Trinajstić information content (AvgIpc) is 3.49. The second kappa shape index (κ2) is 10.8. The third-order valence-corrected chi connectivity index (χ3v) is 8.36. The summed E-state index contributed by atoms with van der Waals surface area (Å²) in [4.78, 5) is 33.2. The lowest BCUT2D eigenvalue weighted by Crippen LogP contribution is -2.28. The Morgan fingerprint density at radius 3 is 2.69 bits per heavy atom. The van der Waals surface area contributed by atoms with Crippen LogP contribution in [0.1, 0.15) is 22.4 Å². The van der Waals surface area contributed by atoms with Crippen molar-refractivity contribution >= 4 is 39.2 Å². The van der Waals surface area contributed by atoms with Crippen molar-refractivity contribution in [1.29, 1.82) is 0 Å². The number of carbonyl (C=O) groups excluding carboxylic acids is 1. The van der Waals surface area contributed by atoms with E-state index in [1.165, 1.54) is 16.6 Å². The second-order valence-electron chi connectivity index (χ2n) is 8.49. The highest BCUT2D eigenvalue weighted by atomic mass is 32.2. The molecule has 7 nitrogen and oxygen atoms in total. The zero-order valence-corrected chi connectivity index (χ0v) is 21.8. The van der Waals surface area contributed by atoms with Crippen LogP contribution in [0.4, 0.5) is 0 Å². The van der Waals surface area contributed by atoms with E-state index in [4.69, 9.17) is 14.5 Å². The number of methoxy groups -OCH3 is 2. The fourth-order valence-corrected chi connectivity index (χ4v) is 6.63. The van der Waals surface area contributed by atoms with Crippen molar-refractivity contribution in [2.75, 3.05) is 26.5 Å². The standard InChI is InChI=1S/C27H27N3O4S2/c1-33-20-12-11-17(15-21(20)34-2)13-14-28-23(31)16-35-27-29-25-24(19-9-6-10-22(19)36-25)26(32)30(27)18-7-4-3-5-8-18/h3-5,7-8,11-12,15H,6,9-10,13-14,16H2,1-2H3,(H,28,31). The minimum absolute atomic E-state index is 0.0537. The van der Waals surface area contributed by atoms with Crippen LogP contribution in [0.15, 0.2) is 58.5 Å². The normalized spacial score (nSPS) is 12.5. The molecule has 0 atom stereocenters. The number of ether oxygens (including phenoxy) is 2. The van der Waals surface area contributed by atoms with Crippen LogP contribution < -0.4 is 20.3 Å². The summed E-state index contributed by atoms with van der Waals surface area (Å²) in [6, 6.07) is 15.2. The van der Waals surface area contributed by atoms with Crippen molar-refractivity contribution < 1.29 is 14.3 Å². The van der Waals surface area contributed by atoms with Gasteiger partial charge in [-0.25, -0.2) is 4.98 Å². The van der Waals surface area contributed by atoms with Crippen LogP contribution in [0.3, 0.4) is 0 Å². The van der Waals surface area contributed by atoms with Gasteiger partial charge in [0.1, 0.15) is 4.83 Å². The van der Waals surface area contributed by atoms with Crippen LogP contribution in [0.2, 0.25) is 0 Å². The molecule has 0 fully saturated rings. The number of rotatable bonds is 9. The van der Waals surface area contributed by atoms with Crippen molar-refractivity contribution in [2.24, 2.45) is 0 Å². The lowest BCUT2D eigenvalue weighted by Gasteiger charge is -2.13. The van der Waals surface area contributed by atoms with Crippen LogP contribution in [-0.4, -0.2) is 42.0 Å². The number of para-hydroxylation sites is 1. The Labute approximate surface area is 217 Å². The van der Waals surface area contributed by atoms with Crippen LogP contribution in [-0.2, 0) is 24.1 Å². The maximum Gasteiger partial charge on any atom is 0.267 e. The van der Waals surface area contributed by atoms with Crippen LogP contribution >= 0.6 is 23.1 Å². The largest absolute Gasteiger partial charge is 0.493 e. The van der Waals surface area contributed by atoms with Gasteiger partial charge in [0.2, 0.25) is 5.91 Å². The molecule has 2 heterocycles. The lowest BCUT2D eigenvalue weighted by molar-refractivity contribution is -0.118. The van der Waals surface area contributed by atoms with E-state index >= 15 is 0 Å². The average molecular weight is 522 g/mol. The first-order valence-electron chi connectivity index (χ1n) is 11.8. The number of nitrogens with zero attached hydrogens (tertiary/aromatic N) is 2. The molecule has 0 bridgehead atoms. The molecule has 0 saturated carbocycles. The summed E-state index contributed by atoms with van der Waals surface area (Å²) in [5, 5.41) is 4.24. The summed E-state index contributed by atoms with van der Waals surface area (Å²) in [6.07, 6.45) is 3.68. The van der Waals surface area contributed by atoms with Gasteiger partial charge in [-0.15, -0.1) is 11.3 Å². The Morgan fingerprint density at radius 1 is 1.11 bits per heavy atom. The van der Waals surface area contributed by atoms with Gasteiger partial charge >= 0.3 is 0 Å². The molecule has 1 N–H and O–H groups in total. The molecule has 1 aliphatic rings. The smallest absolute Gasteiger partial charge is 0.267 e. The van der Waals surface area contributed by atoms with Gasteiger partial charge in [0.05, 0.1) is 31.0 Å². The van der Waals surface area contributed by atoms with Crippen molar-refractivity contribution in [3.05, 3.63) is 74.9 Å². The van der Waals surface area contributed by atoms with E-state index in [1.807, 2.05) is 48.5 Å². The molecule has 0 radical (unpaired) electrons. The number of aromatic nitrogens is 2. The number of hydrogen-bond acceptors (Lipinski definition) is 7. The summed E-state index contributed by atoms with van der Waals surface area (Å²) in [7, 11) is 3.20. The Hall–Kier alpha value is -3.30. The molecule has 9 heteroatoms. The maximum absolute atomic E-state index is 13.6. The highest BCUT2D eigenvalue weighted by molar-refractivity contribution is 7.99. The van der Waals surface area contributed by atoms with E-state index in [1.54, 1.807) is 30.1 Å². The van der Waals surface area contributed by atoms with Gasteiger partial charge in [-0.2, -0.15) is 0 Å². The van der Waals surface area contributed by atoms with Gasteiger partial charge < -0.3 is 14.8 Å². The number of thiophene rings is 1. The predicted molar refractivity (Wildman–Crippen MR) is 144 cm³/mol. The first-order valence-corrected chi connectivity index (χ1v) is 13.6. The monoisotopic (exact) mass is 521 g/mol. The molecule has 4 aromatic rings. The number of carbonyl (C=O) groups is 1. The Balaban J connectivity index is 1.31. The molecule has 186 valence electrons. The fraction of sp³-hybridized carbons (Fsp3) is 0.296. The zero-order valence-electron chi connectivity index (χ0n) is 20.2. The molecule has 0 spiro atoms. The molecule has 0 saturated heterocycles. The van der Waals surface area contributed by atoms with Crippen molar-refractivity contribution in [2.45, 2.75) is 30.8 Å². The van der Waals surface area contributed by atoms with Gasteiger partial charge in [-0.05, 0) is 61.1 Å². The molecule has 1 amide bonds. The Morgan fingerprint density at radius 2 is 1.92 bits per heavy atom. The molecular formula is C27H27N3O4S2. The molecule has 2 aromatic heterocycles. The summed E-state index contributed by atoms with van der Waals surface area (Å²) in [6.45, 7) is 0.491. The predicted octanol–water partition coefficient (Wildman–Crippen LogP) is 4.40. The molecule has 0 aliphatic heterocycles. The van der Waals surface area contributed by atoms with Gasteiger partial charge in [-0.1, -0.05) is 36.0 Å². The molecule has 36 heavy (non-hydrogen) atoms. The number of amides is 1. The van der Waals surface area contributed by atoms with E-state index in [0.717, 1.165) is 46.3 Å². The minimum atomic E-state index is -0.108. The summed E-state index contributed by atoms with van der Waals surface area (Å²) in [5.41, 5.74) is 2.89. The lowest BCUT2D eigenvalue weighted by atomic mass is 10.1. The molecule has 2 aromatic carbocycles. The van der Waals surface area contributed by atoms with E-state index in [2.05, 4.69) is 5.32 Å². The minimum Gasteiger partial charge on any atom is -0.493 e. The second-order valence-corrected chi connectivity index (χ2v) is 10.5. The van der Waals surface area contributed by atoms with Crippen molar-refractivity contribution in [1.82, 2.24) is 14.9 Å². The Bertz CT molecular complexity index is 1460.